The number of carbonyl (C=O) groups excluding carboxylic acids is 1. The SMILES string of the molecule is CCOc1ccc(CCNC(=O)c2ccc(S(=O)(=O)Nc3ccccc3F)cc2)cc1OCC. The van der Waals surface area contributed by atoms with Crippen LogP contribution in [0.25, 0.3) is 0 Å². The van der Waals surface area contributed by atoms with Crippen molar-refractivity contribution < 1.29 is 27.1 Å². The number of para-hydroxylation sites is 1. The van der Waals surface area contributed by atoms with Crippen LogP contribution in [0, 0.1) is 5.82 Å². The summed E-state index contributed by atoms with van der Waals surface area (Å²) in [6, 6.07) is 16.6. The highest BCUT2D eigenvalue weighted by Gasteiger charge is 2.17. The normalized spacial score (nSPS) is 11.0. The predicted octanol–water partition coefficient (Wildman–Crippen LogP) is 4.40. The van der Waals surface area contributed by atoms with Crippen LogP contribution in [0.4, 0.5) is 10.1 Å². The van der Waals surface area contributed by atoms with Crippen LogP contribution >= 0.6 is 0 Å². The molecule has 0 saturated carbocycles. The molecule has 3 aromatic carbocycles. The van der Waals surface area contributed by atoms with Crippen molar-refractivity contribution in [3.05, 3.63) is 83.7 Å². The fourth-order valence-electron chi connectivity index (χ4n) is 3.21. The quantitative estimate of drug-likeness (QED) is 0.419. The number of amides is 1. The Morgan fingerprint density at radius 2 is 1.59 bits per heavy atom. The molecule has 0 aromatic heterocycles. The lowest BCUT2D eigenvalue weighted by Gasteiger charge is -2.13. The summed E-state index contributed by atoms with van der Waals surface area (Å²) in [6.07, 6.45) is 0.581. The average molecular weight is 487 g/mol. The first-order chi connectivity index (χ1) is 16.3. The number of hydrogen-bond acceptors (Lipinski definition) is 5. The van der Waals surface area contributed by atoms with E-state index in [2.05, 4.69) is 10.0 Å². The highest BCUT2D eigenvalue weighted by atomic mass is 32.2. The molecule has 9 heteroatoms. The van der Waals surface area contributed by atoms with E-state index in [9.17, 15) is 17.6 Å². The van der Waals surface area contributed by atoms with Gasteiger partial charge in [-0.3, -0.25) is 9.52 Å². The molecule has 2 N–H and O–H groups in total. The van der Waals surface area contributed by atoms with Crippen LogP contribution in [0.1, 0.15) is 29.8 Å². The van der Waals surface area contributed by atoms with Crippen LogP contribution in [0.3, 0.4) is 0 Å². The molecule has 1 amide bonds. The second-order valence-electron chi connectivity index (χ2n) is 7.26. The van der Waals surface area contributed by atoms with Crippen molar-refractivity contribution in [2.45, 2.75) is 25.2 Å². The van der Waals surface area contributed by atoms with Crippen LogP contribution in [0.15, 0.2) is 71.6 Å². The molecular weight excluding hydrogens is 459 g/mol. The molecule has 0 bridgehead atoms. The van der Waals surface area contributed by atoms with Gasteiger partial charge < -0.3 is 14.8 Å². The Balaban J connectivity index is 1.59. The van der Waals surface area contributed by atoms with Gasteiger partial charge in [0.05, 0.1) is 23.8 Å². The van der Waals surface area contributed by atoms with E-state index in [0.717, 1.165) is 11.6 Å². The van der Waals surface area contributed by atoms with Gasteiger partial charge in [0.1, 0.15) is 5.82 Å². The number of hydrogen-bond donors (Lipinski definition) is 2. The fraction of sp³-hybridized carbons (Fsp3) is 0.240. The Kier molecular flexibility index (Phi) is 8.48. The van der Waals surface area contributed by atoms with Gasteiger partial charge in [0.15, 0.2) is 11.5 Å². The first kappa shape index (κ1) is 25.0. The molecule has 0 aliphatic carbocycles. The summed E-state index contributed by atoms with van der Waals surface area (Å²) in [5.41, 5.74) is 1.14. The van der Waals surface area contributed by atoms with Gasteiger partial charge in [0, 0.05) is 12.1 Å². The van der Waals surface area contributed by atoms with Gasteiger partial charge in [-0.25, -0.2) is 12.8 Å². The summed E-state index contributed by atoms with van der Waals surface area (Å²) in [5, 5.41) is 2.82. The Hall–Kier alpha value is -3.59. The van der Waals surface area contributed by atoms with E-state index in [4.69, 9.17) is 9.47 Å². The lowest BCUT2D eigenvalue weighted by Crippen LogP contribution is -2.25. The van der Waals surface area contributed by atoms with E-state index in [1.165, 1.54) is 42.5 Å². The summed E-state index contributed by atoms with van der Waals surface area (Å²) in [6.45, 7) is 5.24. The topological polar surface area (TPSA) is 93.7 Å². The molecule has 0 fully saturated rings. The van der Waals surface area contributed by atoms with Gasteiger partial charge in [0.25, 0.3) is 15.9 Å². The van der Waals surface area contributed by atoms with Gasteiger partial charge in [-0.05, 0) is 74.4 Å². The van der Waals surface area contributed by atoms with Crippen LogP contribution in [0.5, 0.6) is 11.5 Å². The summed E-state index contributed by atoms with van der Waals surface area (Å²) < 4.78 is 52.2. The summed E-state index contributed by atoms with van der Waals surface area (Å²) in [7, 11) is -3.99. The second-order valence-corrected chi connectivity index (χ2v) is 8.95. The average Bonchev–Trinajstić information content (AvgIpc) is 2.82. The monoisotopic (exact) mass is 486 g/mol. The Labute approximate surface area is 199 Å². The molecule has 3 aromatic rings. The van der Waals surface area contributed by atoms with Crippen molar-refractivity contribution in [3.63, 3.8) is 0 Å². The van der Waals surface area contributed by atoms with Gasteiger partial charge in [-0.15, -0.1) is 0 Å². The van der Waals surface area contributed by atoms with E-state index in [-0.39, 0.29) is 16.5 Å². The Bertz CT molecular complexity index is 1230. The molecule has 0 radical (unpaired) electrons. The van der Waals surface area contributed by atoms with E-state index in [1.807, 2.05) is 32.0 Å². The number of carbonyl (C=O) groups is 1. The summed E-state index contributed by atoms with van der Waals surface area (Å²) in [5.74, 6) is 0.329. The third-order valence-electron chi connectivity index (χ3n) is 4.85. The molecule has 7 nitrogen and oxygen atoms in total. The lowest BCUT2D eigenvalue weighted by molar-refractivity contribution is 0.0954. The predicted molar refractivity (Wildman–Crippen MR) is 128 cm³/mol. The Morgan fingerprint density at radius 1 is 0.912 bits per heavy atom. The maximum Gasteiger partial charge on any atom is 0.261 e. The van der Waals surface area contributed by atoms with Crippen molar-refractivity contribution >= 4 is 21.6 Å². The van der Waals surface area contributed by atoms with Gasteiger partial charge >= 0.3 is 0 Å². The molecule has 0 atom stereocenters. The molecule has 0 heterocycles. The minimum absolute atomic E-state index is 0.0786. The molecular formula is C25H27FN2O5S. The van der Waals surface area contributed by atoms with Crippen molar-refractivity contribution in [1.29, 1.82) is 0 Å². The number of nitrogens with one attached hydrogen (secondary N) is 2. The first-order valence-corrected chi connectivity index (χ1v) is 12.4. The van der Waals surface area contributed by atoms with Crippen LogP contribution in [-0.2, 0) is 16.4 Å². The lowest BCUT2D eigenvalue weighted by atomic mass is 10.1. The molecule has 180 valence electrons. The van der Waals surface area contributed by atoms with Crippen molar-refractivity contribution in [3.8, 4) is 11.5 Å². The minimum Gasteiger partial charge on any atom is -0.490 e. The van der Waals surface area contributed by atoms with Crippen LogP contribution in [-0.4, -0.2) is 34.1 Å². The number of sulfonamides is 1. The van der Waals surface area contributed by atoms with E-state index in [0.29, 0.717) is 43.2 Å². The largest absolute Gasteiger partial charge is 0.490 e. The fourth-order valence-corrected chi connectivity index (χ4v) is 4.27. The van der Waals surface area contributed by atoms with Crippen LogP contribution in [0.2, 0.25) is 0 Å². The highest BCUT2D eigenvalue weighted by molar-refractivity contribution is 7.92. The van der Waals surface area contributed by atoms with Crippen molar-refractivity contribution in [2.24, 2.45) is 0 Å². The number of anilines is 1. The van der Waals surface area contributed by atoms with Crippen molar-refractivity contribution in [2.75, 3.05) is 24.5 Å². The maximum absolute atomic E-state index is 13.8. The third-order valence-corrected chi connectivity index (χ3v) is 6.23. The van der Waals surface area contributed by atoms with Crippen LogP contribution < -0.4 is 19.5 Å². The zero-order chi connectivity index (χ0) is 24.6. The Morgan fingerprint density at radius 3 is 2.26 bits per heavy atom. The van der Waals surface area contributed by atoms with Crippen molar-refractivity contribution in [1.82, 2.24) is 5.32 Å². The van der Waals surface area contributed by atoms with Gasteiger partial charge in [-0.1, -0.05) is 18.2 Å². The van der Waals surface area contributed by atoms with E-state index in [1.54, 1.807) is 0 Å². The summed E-state index contributed by atoms with van der Waals surface area (Å²) in [4.78, 5) is 12.4. The molecule has 0 spiro atoms. The zero-order valence-corrected chi connectivity index (χ0v) is 19.8. The second kappa shape index (κ2) is 11.5. The molecule has 0 saturated heterocycles. The number of benzene rings is 3. The maximum atomic E-state index is 13.8. The van der Waals surface area contributed by atoms with Gasteiger partial charge in [0.2, 0.25) is 0 Å². The van der Waals surface area contributed by atoms with E-state index < -0.39 is 15.8 Å². The molecule has 0 unspecified atom stereocenters. The van der Waals surface area contributed by atoms with E-state index >= 15 is 0 Å². The molecule has 0 aliphatic heterocycles. The molecule has 34 heavy (non-hydrogen) atoms. The molecule has 3 rings (SSSR count). The smallest absolute Gasteiger partial charge is 0.261 e. The number of rotatable bonds is 11. The third kappa shape index (κ3) is 6.48. The first-order valence-electron chi connectivity index (χ1n) is 10.9. The van der Waals surface area contributed by atoms with Gasteiger partial charge in [-0.2, -0.15) is 0 Å². The summed E-state index contributed by atoms with van der Waals surface area (Å²) >= 11 is 0. The minimum atomic E-state index is -3.99. The standard InChI is InChI=1S/C25H27FN2O5S/c1-3-32-23-14-9-18(17-24(23)33-4-2)15-16-27-25(29)19-10-12-20(13-11-19)34(30,31)28-22-8-6-5-7-21(22)26/h5-14,17,28H,3-4,15-16H2,1-2H3,(H,27,29). The number of ether oxygens (including phenoxy) is 2. The zero-order valence-electron chi connectivity index (χ0n) is 19.0. The molecule has 0 aliphatic rings. The number of halogens is 1. The highest BCUT2D eigenvalue weighted by Crippen LogP contribution is 2.28.